The molecular formula is C21H37NO2. The minimum Gasteiger partial charge on any atom is -0.285 e. The SMILES string of the molecule is CC1CCC(C)(C(=O)N(C)C(=O)C2(C)CCC(C)C2(C)C)C1(C)C. The van der Waals surface area contributed by atoms with E-state index in [0.29, 0.717) is 11.8 Å². The van der Waals surface area contributed by atoms with Gasteiger partial charge in [0.05, 0.1) is 10.8 Å². The number of nitrogens with zero attached hydrogens (tertiary/aromatic N) is 1. The standard InChI is InChI=1S/C21H37NO2/c1-14-10-12-20(7,18(14,3)4)16(23)22(9)17(24)21(8)13-11-15(2)19(21,5)6/h14-15H,10-13H2,1-9H3. The second-order valence-electron chi connectivity index (χ2n) is 10.2. The molecule has 4 unspecified atom stereocenters. The third-order valence-electron chi connectivity index (χ3n) is 9.02. The van der Waals surface area contributed by atoms with Crippen molar-refractivity contribution in [1.29, 1.82) is 0 Å². The lowest BCUT2D eigenvalue weighted by Gasteiger charge is -2.45. The van der Waals surface area contributed by atoms with Gasteiger partial charge in [-0.15, -0.1) is 0 Å². The largest absolute Gasteiger partial charge is 0.285 e. The van der Waals surface area contributed by atoms with Crippen molar-refractivity contribution in [2.24, 2.45) is 33.5 Å². The molecule has 4 atom stereocenters. The van der Waals surface area contributed by atoms with Gasteiger partial charge in [0.2, 0.25) is 11.8 Å². The summed E-state index contributed by atoms with van der Waals surface area (Å²) in [5.74, 6) is 1.01. The fraction of sp³-hybridized carbons (Fsp3) is 0.905. The lowest BCUT2D eigenvalue weighted by Crippen LogP contribution is -2.54. The van der Waals surface area contributed by atoms with Gasteiger partial charge in [-0.2, -0.15) is 0 Å². The molecule has 2 fully saturated rings. The smallest absolute Gasteiger partial charge is 0.235 e. The summed E-state index contributed by atoms with van der Waals surface area (Å²) in [4.78, 5) is 28.2. The summed E-state index contributed by atoms with van der Waals surface area (Å²) in [5, 5.41) is 0. The van der Waals surface area contributed by atoms with Gasteiger partial charge in [0.15, 0.2) is 0 Å². The van der Waals surface area contributed by atoms with Crippen LogP contribution in [0.1, 0.15) is 81.1 Å². The van der Waals surface area contributed by atoms with Crippen molar-refractivity contribution in [3.63, 3.8) is 0 Å². The van der Waals surface area contributed by atoms with Crippen LogP contribution in [0.3, 0.4) is 0 Å². The van der Waals surface area contributed by atoms with Crippen LogP contribution < -0.4 is 0 Å². The maximum absolute atomic E-state index is 13.4. The average molecular weight is 336 g/mol. The van der Waals surface area contributed by atoms with Gasteiger partial charge in [0.25, 0.3) is 0 Å². The molecule has 3 nitrogen and oxygen atoms in total. The molecule has 2 saturated carbocycles. The lowest BCUT2D eigenvalue weighted by atomic mass is 9.63. The topological polar surface area (TPSA) is 37.4 Å². The van der Waals surface area contributed by atoms with Crippen LogP contribution in [0, 0.1) is 33.5 Å². The van der Waals surface area contributed by atoms with E-state index >= 15 is 0 Å². The van der Waals surface area contributed by atoms with Crippen LogP contribution in [-0.2, 0) is 9.59 Å². The summed E-state index contributed by atoms with van der Waals surface area (Å²) in [6, 6.07) is 0. The molecular weight excluding hydrogens is 298 g/mol. The highest BCUT2D eigenvalue weighted by Gasteiger charge is 2.59. The Balaban J connectivity index is 2.31. The zero-order valence-corrected chi connectivity index (χ0v) is 17.2. The predicted octanol–water partition coefficient (Wildman–Crippen LogP) is 4.90. The Morgan fingerprint density at radius 1 is 0.750 bits per heavy atom. The van der Waals surface area contributed by atoms with Gasteiger partial charge in [0, 0.05) is 7.05 Å². The van der Waals surface area contributed by atoms with Gasteiger partial charge in [-0.25, -0.2) is 0 Å². The number of hydrogen-bond acceptors (Lipinski definition) is 2. The summed E-state index contributed by atoms with van der Waals surface area (Å²) in [6.07, 6.45) is 3.84. The monoisotopic (exact) mass is 335 g/mol. The van der Waals surface area contributed by atoms with Crippen molar-refractivity contribution in [1.82, 2.24) is 4.90 Å². The zero-order chi connectivity index (χ0) is 18.7. The van der Waals surface area contributed by atoms with Crippen LogP contribution in [0.4, 0.5) is 0 Å². The highest BCUT2D eigenvalue weighted by Crippen LogP contribution is 2.59. The second-order valence-corrected chi connectivity index (χ2v) is 10.2. The number of carbonyl (C=O) groups excluding carboxylic acids is 2. The Kier molecular flexibility index (Phi) is 4.52. The number of hydrogen-bond donors (Lipinski definition) is 0. The van der Waals surface area contributed by atoms with E-state index in [0.717, 1.165) is 25.7 Å². The van der Waals surface area contributed by atoms with E-state index in [9.17, 15) is 9.59 Å². The first-order valence-corrected chi connectivity index (χ1v) is 9.56. The quantitative estimate of drug-likeness (QED) is 0.673. The molecule has 2 aliphatic rings. The Morgan fingerprint density at radius 3 is 1.25 bits per heavy atom. The molecule has 0 N–H and O–H groups in total. The number of imide groups is 1. The van der Waals surface area contributed by atoms with Crippen molar-refractivity contribution < 1.29 is 9.59 Å². The van der Waals surface area contributed by atoms with Gasteiger partial charge < -0.3 is 0 Å². The first-order valence-electron chi connectivity index (χ1n) is 9.56. The zero-order valence-electron chi connectivity index (χ0n) is 17.2. The highest BCUT2D eigenvalue weighted by atomic mass is 16.2. The molecule has 24 heavy (non-hydrogen) atoms. The van der Waals surface area contributed by atoms with E-state index in [-0.39, 0.29) is 22.6 Å². The van der Waals surface area contributed by atoms with Crippen molar-refractivity contribution in [3.05, 3.63) is 0 Å². The van der Waals surface area contributed by atoms with Gasteiger partial charge in [0.1, 0.15) is 0 Å². The van der Waals surface area contributed by atoms with E-state index in [1.165, 1.54) is 4.90 Å². The Morgan fingerprint density at radius 2 is 1.04 bits per heavy atom. The normalized spacial score (nSPS) is 40.5. The van der Waals surface area contributed by atoms with E-state index in [2.05, 4.69) is 55.4 Å². The van der Waals surface area contributed by atoms with E-state index in [1.54, 1.807) is 7.05 Å². The summed E-state index contributed by atoms with van der Waals surface area (Å²) in [7, 11) is 1.71. The van der Waals surface area contributed by atoms with E-state index in [1.807, 2.05) is 0 Å². The van der Waals surface area contributed by atoms with E-state index < -0.39 is 10.8 Å². The van der Waals surface area contributed by atoms with Gasteiger partial charge in [-0.3, -0.25) is 14.5 Å². The van der Waals surface area contributed by atoms with Crippen LogP contribution in [0.5, 0.6) is 0 Å². The van der Waals surface area contributed by atoms with Crippen LogP contribution in [0.2, 0.25) is 0 Å². The summed E-state index contributed by atoms with van der Waals surface area (Å²) < 4.78 is 0. The van der Waals surface area contributed by atoms with Crippen molar-refractivity contribution in [2.45, 2.75) is 81.1 Å². The first kappa shape index (κ1) is 19.5. The highest BCUT2D eigenvalue weighted by molar-refractivity contribution is 6.01. The second kappa shape index (κ2) is 5.57. The van der Waals surface area contributed by atoms with Crippen LogP contribution >= 0.6 is 0 Å². The average Bonchev–Trinajstić information content (AvgIpc) is 2.85. The molecule has 0 aromatic rings. The van der Waals surface area contributed by atoms with Gasteiger partial charge in [-0.1, -0.05) is 55.4 Å². The number of amides is 2. The molecule has 2 rings (SSSR count). The lowest BCUT2D eigenvalue weighted by molar-refractivity contribution is -0.161. The third-order valence-corrected chi connectivity index (χ3v) is 9.02. The molecule has 0 saturated heterocycles. The maximum Gasteiger partial charge on any atom is 0.235 e. The molecule has 0 aromatic heterocycles. The molecule has 0 spiro atoms. The molecule has 138 valence electrons. The molecule has 3 heteroatoms. The maximum atomic E-state index is 13.4. The third kappa shape index (κ3) is 2.29. The Hall–Kier alpha value is -0.860. The molecule has 0 heterocycles. The first-order chi connectivity index (χ1) is 10.7. The fourth-order valence-corrected chi connectivity index (χ4v) is 5.06. The Bertz CT molecular complexity index is 502. The van der Waals surface area contributed by atoms with Crippen molar-refractivity contribution >= 4 is 11.8 Å². The molecule has 0 aliphatic heterocycles. The van der Waals surface area contributed by atoms with Crippen molar-refractivity contribution in [2.75, 3.05) is 7.05 Å². The molecule has 2 amide bonds. The predicted molar refractivity (Wildman–Crippen MR) is 98.3 cm³/mol. The summed E-state index contributed by atoms with van der Waals surface area (Å²) >= 11 is 0. The molecule has 0 radical (unpaired) electrons. The fourth-order valence-electron chi connectivity index (χ4n) is 5.06. The Labute approximate surface area is 148 Å². The molecule has 0 bridgehead atoms. The van der Waals surface area contributed by atoms with E-state index in [4.69, 9.17) is 0 Å². The number of rotatable bonds is 2. The minimum atomic E-state index is -0.457. The minimum absolute atomic E-state index is 0.0124. The van der Waals surface area contributed by atoms with Crippen LogP contribution in [-0.4, -0.2) is 23.8 Å². The van der Waals surface area contributed by atoms with Crippen LogP contribution in [0.15, 0.2) is 0 Å². The molecule has 2 aliphatic carbocycles. The van der Waals surface area contributed by atoms with Crippen molar-refractivity contribution in [3.8, 4) is 0 Å². The van der Waals surface area contributed by atoms with Gasteiger partial charge >= 0.3 is 0 Å². The number of carbonyl (C=O) groups is 2. The van der Waals surface area contributed by atoms with Crippen LogP contribution in [0.25, 0.3) is 0 Å². The summed E-state index contributed by atoms with van der Waals surface area (Å²) in [6.45, 7) is 17.3. The summed E-state index contributed by atoms with van der Waals surface area (Å²) in [5.41, 5.74) is -1.08. The molecule has 0 aromatic carbocycles. The van der Waals surface area contributed by atoms with Gasteiger partial charge in [-0.05, 0) is 48.3 Å².